The van der Waals surface area contributed by atoms with Crippen molar-refractivity contribution in [2.24, 2.45) is 0 Å². The van der Waals surface area contributed by atoms with Gasteiger partial charge in [-0.3, -0.25) is 0 Å². The lowest BCUT2D eigenvalue weighted by atomic mass is 10.5. The van der Waals surface area contributed by atoms with Crippen LogP contribution in [0.2, 0.25) is 38.3 Å². The summed E-state index contributed by atoms with van der Waals surface area (Å²) in [6, 6.07) is 2.18. The fourth-order valence-electron chi connectivity index (χ4n) is 4.30. The summed E-state index contributed by atoms with van der Waals surface area (Å²) >= 11 is 0. The number of ether oxygens (including phenoxy) is 12. The Bertz CT molecular complexity index is 572. The molecule has 0 aliphatic heterocycles. The first-order valence-corrected chi connectivity index (χ1v) is 23.5. The zero-order valence-electron chi connectivity index (χ0n) is 30.7. The molecule has 284 valence electrons. The van der Waals surface area contributed by atoms with Crippen LogP contribution in [0.25, 0.3) is 0 Å². The Morgan fingerprint density at radius 3 is 0.681 bits per heavy atom. The van der Waals surface area contributed by atoms with Crippen LogP contribution < -0.4 is 0 Å². The van der Waals surface area contributed by atoms with Crippen molar-refractivity contribution in [3.05, 3.63) is 0 Å². The molecule has 0 radical (unpaired) electrons. The molecule has 15 heteroatoms. The zero-order chi connectivity index (χ0) is 34.6. The highest BCUT2D eigenvalue weighted by Crippen LogP contribution is 2.23. The van der Waals surface area contributed by atoms with E-state index in [0.29, 0.717) is 132 Å². The third kappa shape index (κ3) is 38.6. The fraction of sp³-hybridized carbons (Fsp3) is 1.00. The van der Waals surface area contributed by atoms with E-state index in [-0.39, 0.29) is 0 Å². The molecule has 0 N–H and O–H groups in total. The lowest BCUT2D eigenvalue weighted by Gasteiger charge is -2.34. The predicted octanol–water partition coefficient (Wildman–Crippen LogP) is 3.65. The standard InChI is InChI=1S/C32H70O13Si2/c1-33-11-13-37-19-21-41-27-29-43-25-23-39-17-15-35-9-7-31-46(3,4)45-47(5,6)32-8-10-36-16-18-40-24-26-44-30-28-42-22-20-38-14-12-34-2/h7-32H2,1-6H3. The Hall–Kier alpha value is -0.0862. The minimum absolute atomic E-state index is 0.547. The fourth-order valence-corrected chi connectivity index (χ4v) is 13.1. The van der Waals surface area contributed by atoms with Crippen LogP contribution in [0.4, 0.5) is 0 Å². The van der Waals surface area contributed by atoms with Crippen LogP contribution in [0.3, 0.4) is 0 Å². The van der Waals surface area contributed by atoms with Crippen LogP contribution in [-0.4, -0.2) is 176 Å². The van der Waals surface area contributed by atoms with Crippen LogP contribution in [-0.2, 0) is 61.0 Å². The van der Waals surface area contributed by atoms with Gasteiger partial charge >= 0.3 is 0 Å². The largest absolute Gasteiger partial charge is 0.455 e. The summed E-state index contributed by atoms with van der Waals surface area (Å²) in [6.45, 7) is 22.1. The second-order valence-corrected chi connectivity index (χ2v) is 20.8. The molecular weight excluding hydrogens is 649 g/mol. The molecule has 0 aromatic rings. The average molecular weight is 719 g/mol. The Morgan fingerprint density at radius 1 is 0.277 bits per heavy atom. The van der Waals surface area contributed by atoms with E-state index in [1.54, 1.807) is 14.2 Å². The smallest absolute Gasteiger partial charge is 0.173 e. The van der Waals surface area contributed by atoms with Crippen molar-refractivity contribution in [3.63, 3.8) is 0 Å². The van der Waals surface area contributed by atoms with E-state index in [1.807, 2.05) is 0 Å². The van der Waals surface area contributed by atoms with Gasteiger partial charge in [0.2, 0.25) is 0 Å². The molecule has 0 spiro atoms. The summed E-state index contributed by atoms with van der Waals surface area (Å²) < 4.78 is 71.8. The predicted molar refractivity (Wildman–Crippen MR) is 187 cm³/mol. The van der Waals surface area contributed by atoms with Crippen molar-refractivity contribution >= 4 is 16.6 Å². The Morgan fingerprint density at radius 2 is 0.468 bits per heavy atom. The molecule has 0 amide bonds. The van der Waals surface area contributed by atoms with Crippen molar-refractivity contribution in [2.45, 2.75) is 51.1 Å². The van der Waals surface area contributed by atoms with Gasteiger partial charge in [-0.25, -0.2) is 0 Å². The SMILES string of the molecule is COCCOCCOCCOCCOCCOCCC[Si](C)(C)O[Si](C)(C)CCCOCCOCCOCCOCCOCCOC. The highest BCUT2D eigenvalue weighted by atomic mass is 28.4. The topological polar surface area (TPSA) is 120 Å². The summed E-state index contributed by atoms with van der Waals surface area (Å²) in [4.78, 5) is 0. The molecule has 0 aliphatic rings. The van der Waals surface area contributed by atoms with Crippen LogP contribution in [0, 0.1) is 0 Å². The zero-order valence-corrected chi connectivity index (χ0v) is 32.7. The summed E-state index contributed by atoms with van der Waals surface area (Å²) in [5, 5.41) is 0. The summed E-state index contributed by atoms with van der Waals surface area (Å²) in [7, 11) is -0.174. The van der Waals surface area contributed by atoms with Crippen molar-refractivity contribution in [1.29, 1.82) is 0 Å². The van der Waals surface area contributed by atoms with Crippen LogP contribution in [0.15, 0.2) is 0 Å². The molecule has 0 saturated heterocycles. The first kappa shape index (κ1) is 46.9. The first-order chi connectivity index (χ1) is 22.8. The molecular formula is C32H70O13Si2. The van der Waals surface area contributed by atoms with E-state index in [1.165, 1.54) is 0 Å². The second-order valence-electron chi connectivity index (χ2n) is 11.9. The lowest BCUT2D eigenvalue weighted by molar-refractivity contribution is -0.0146. The van der Waals surface area contributed by atoms with Gasteiger partial charge in [-0.1, -0.05) is 0 Å². The van der Waals surface area contributed by atoms with Gasteiger partial charge in [-0.05, 0) is 51.1 Å². The minimum atomic E-state index is -1.74. The van der Waals surface area contributed by atoms with Gasteiger partial charge < -0.3 is 61.0 Å². The van der Waals surface area contributed by atoms with Gasteiger partial charge in [0.05, 0.1) is 132 Å². The molecule has 47 heavy (non-hydrogen) atoms. The van der Waals surface area contributed by atoms with Gasteiger partial charge in [0.1, 0.15) is 0 Å². The molecule has 0 aromatic heterocycles. The van der Waals surface area contributed by atoms with Crippen LogP contribution in [0.5, 0.6) is 0 Å². The first-order valence-electron chi connectivity index (χ1n) is 17.3. The van der Waals surface area contributed by atoms with E-state index in [9.17, 15) is 0 Å². The Labute approximate surface area is 288 Å². The van der Waals surface area contributed by atoms with E-state index in [4.69, 9.17) is 61.0 Å². The molecule has 0 unspecified atom stereocenters. The quantitative estimate of drug-likeness (QED) is 0.0678. The molecule has 0 fully saturated rings. The van der Waals surface area contributed by atoms with Crippen LogP contribution >= 0.6 is 0 Å². The molecule has 0 saturated carbocycles. The molecule has 0 aliphatic carbocycles. The van der Waals surface area contributed by atoms with Gasteiger partial charge in [0, 0.05) is 27.4 Å². The lowest BCUT2D eigenvalue weighted by Crippen LogP contribution is -2.44. The monoisotopic (exact) mass is 718 g/mol. The highest BCUT2D eigenvalue weighted by molar-refractivity contribution is 6.84. The van der Waals surface area contributed by atoms with Gasteiger partial charge in [0.25, 0.3) is 0 Å². The van der Waals surface area contributed by atoms with Crippen molar-refractivity contribution in [1.82, 2.24) is 0 Å². The highest BCUT2D eigenvalue weighted by Gasteiger charge is 2.32. The normalized spacial score (nSPS) is 12.4. The maximum absolute atomic E-state index is 6.74. The molecule has 0 aromatic carbocycles. The maximum Gasteiger partial charge on any atom is 0.173 e. The maximum atomic E-state index is 6.74. The number of hydrogen-bond acceptors (Lipinski definition) is 13. The number of hydrogen-bond donors (Lipinski definition) is 0. The van der Waals surface area contributed by atoms with E-state index in [0.717, 1.165) is 38.1 Å². The Kier molecular flexibility index (Phi) is 35.7. The summed E-state index contributed by atoms with van der Waals surface area (Å²) in [5.41, 5.74) is 0. The third-order valence-electron chi connectivity index (χ3n) is 6.53. The average Bonchev–Trinajstić information content (AvgIpc) is 3.03. The van der Waals surface area contributed by atoms with E-state index >= 15 is 0 Å². The third-order valence-corrected chi connectivity index (χ3v) is 14.1. The van der Waals surface area contributed by atoms with Gasteiger partial charge in [0.15, 0.2) is 16.6 Å². The van der Waals surface area contributed by atoms with Gasteiger partial charge in [-0.15, -0.1) is 0 Å². The van der Waals surface area contributed by atoms with Crippen LogP contribution in [0.1, 0.15) is 12.8 Å². The van der Waals surface area contributed by atoms with E-state index < -0.39 is 16.6 Å². The van der Waals surface area contributed by atoms with Crippen molar-refractivity contribution in [2.75, 3.05) is 160 Å². The second kappa shape index (κ2) is 35.7. The minimum Gasteiger partial charge on any atom is -0.455 e. The molecule has 13 nitrogen and oxygen atoms in total. The molecule has 0 bridgehead atoms. The number of rotatable bonds is 40. The van der Waals surface area contributed by atoms with E-state index in [2.05, 4.69) is 26.2 Å². The van der Waals surface area contributed by atoms with Crippen molar-refractivity contribution in [3.8, 4) is 0 Å². The molecule has 0 rings (SSSR count). The summed E-state index contributed by atoms with van der Waals surface area (Å²) in [5.74, 6) is 0. The molecule has 0 heterocycles. The van der Waals surface area contributed by atoms with Gasteiger partial charge in [-0.2, -0.15) is 0 Å². The number of methoxy groups -OCH3 is 2. The summed E-state index contributed by atoms with van der Waals surface area (Å²) in [6.07, 6.45) is 2.02. The molecule has 0 atom stereocenters. The Balaban J connectivity index is 3.48. The van der Waals surface area contributed by atoms with Crippen molar-refractivity contribution < 1.29 is 61.0 Å².